The van der Waals surface area contributed by atoms with Crippen molar-refractivity contribution in [2.45, 2.75) is 6.42 Å². The molecule has 0 radical (unpaired) electrons. The topological polar surface area (TPSA) is 82.0 Å². The number of anilines is 1. The largest absolute Gasteiger partial charge is 0.309 e. The van der Waals surface area contributed by atoms with Gasteiger partial charge in [0.15, 0.2) is 5.15 Å². The zero-order valence-electron chi connectivity index (χ0n) is 9.25. The quantitative estimate of drug-likeness (QED) is 0.369. The van der Waals surface area contributed by atoms with Crippen molar-refractivity contribution in [2.24, 2.45) is 11.0 Å². The van der Waals surface area contributed by atoms with Crippen LogP contribution in [0.2, 0.25) is 5.15 Å². The Morgan fingerprint density at radius 3 is 3.22 bits per heavy atom. The Labute approximate surface area is 117 Å². The molecular formula is C10H9BrClN5O. The molecule has 0 aliphatic carbocycles. The Bertz CT molecular complexity index is 531. The molecule has 0 N–H and O–H groups in total. The van der Waals surface area contributed by atoms with Gasteiger partial charge in [-0.25, -0.2) is 4.98 Å². The molecule has 1 fully saturated rings. The van der Waals surface area contributed by atoms with Gasteiger partial charge >= 0.3 is 0 Å². The van der Waals surface area contributed by atoms with Crippen LogP contribution < -0.4 is 4.90 Å². The molecule has 2 rings (SSSR count). The summed E-state index contributed by atoms with van der Waals surface area (Å²) >= 11 is 9.28. The lowest BCUT2D eigenvalue weighted by Gasteiger charge is -2.17. The van der Waals surface area contributed by atoms with Gasteiger partial charge in [-0.2, -0.15) is 0 Å². The molecule has 0 aromatic carbocycles. The Balaban J connectivity index is 2.21. The first-order chi connectivity index (χ1) is 8.61. The fraction of sp³-hybridized carbons (Fsp3) is 0.400. The van der Waals surface area contributed by atoms with Crippen LogP contribution in [0, 0.1) is 5.92 Å². The number of carbonyl (C=O) groups excluding carboxylic acids is 1. The average molecular weight is 331 g/mol. The molecular weight excluding hydrogens is 322 g/mol. The lowest BCUT2D eigenvalue weighted by Crippen LogP contribution is -2.25. The monoisotopic (exact) mass is 329 g/mol. The molecule has 1 aliphatic rings. The summed E-state index contributed by atoms with van der Waals surface area (Å²) in [6, 6.07) is 1.75. The van der Waals surface area contributed by atoms with Crippen LogP contribution in [0.1, 0.15) is 6.42 Å². The van der Waals surface area contributed by atoms with Crippen LogP contribution in [0.25, 0.3) is 10.4 Å². The number of rotatable bonds is 3. The molecule has 94 valence electrons. The molecule has 1 atom stereocenters. The van der Waals surface area contributed by atoms with Gasteiger partial charge in [-0.1, -0.05) is 16.7 Å². The molecule has 0 bridgehead atoms. The third-order valence-corrected chi connectivity index (χ3v) is 3.41. The summed E-state index contributed by atoms with van der Waals surface area (Å²) in [4.78, 5) is 20.2. The Morgan fingerprint density at radius 2 is 2.50 bits per heavy atom. The number of carbonyl (C=O) groups is 1. The van der Waals surface area contributed by atoms with Crippen molar-refractivity contribution >= 4 is 39.1 Å². The highest BCUT2D eigenvalue weighted by atomic mass is 79.9. The number of aromatic nitrogens is 1. The van der Waals surface area contributed by atoms with Crippen molar-refractivity contribution in [2.75, 3.05) is 18.0 Å². The van der Waals surface area contributed by atoms with E-state index in [-0.39, 0.29) is 17.0 Å². The lowest BCUT2D eigenvalue weighted by molar-refractivity contribution is -0.117. The predicted molar refractivity (Wildman–Crippen MR) is 71.4 cm³/mol. The minimum absolute atomic E-state index is 0.0310. The normalized spacial score (nSPS) is 18.9. The minimum Gasteiger partial charge on any atom is -0.309 e. The number of nitrogens with zero attached hydrogens (tertiary/aromatic N) is 5. The molecule has 2 heterocycles. The molecule has 6 nitrogen and oxygen atoms in total. The lowest BCUT2D eigenvalue weighted by atomic mass is 10.1. The van der Waals surface area contributed by atoms with Gasteiger partial charge in [0.1, 0.15) is 0 Å². The number of hydrogen-bond donors (Lipinski definition) is 0. The van der Waals surface area contributed by atoms with Crippen LogP contribution in [0.15, 0.2) is 21.9 Å². The van der Waals surface area contributed by atoms with Crippen molar-refractivity contribution in [3.05, 3.63) is 32.3 Å². The summed E-state index contributed by atoms with van der Waals surface area (Å²) in [5.74, 6) is -0.00149. The van der Waals surface area contributed by atoms with Gasteiger partial charge in [0.2, 0.25) is 5.91 Å². The van der Waals surface area contributed by atoms with Crippen LogP contribution in [0.5, 0.6) is 0 Å². The van der Waals surface area contributed by atoms with E-state index in [2.05, 4.69) is 30.9 Å². The number of halogens is 2. The molecule has 18 heavy (non-hydrogen) atoms. The van der Waals surface area contributed by atoms with E-state index < -0.39 is 0 Å². The van der Waals surface area contributed by atoms with Gasteiger partial charge in [0.05, 0.1) is 5.69 Å². The molecule has 1 unspecified atom stereocenters. The standard InChI is InChI=1S/C10H9BrClN5O/c11-7-2-8(10(12)14-4-7)17-5-6(1-9(17)18)3-15-16-13/h2,4,6H,1,3,5H2. The summed E-state index contributed by atoms with van der Waals surface area (Å²) < 4.78 is 0.758. The zero-order valence-corrected chi connectivity index (χ0v) is 11.6. The summed E-state index contributed by atoms with van der Waals surface area (Å²) in [6.07, 6.45) is 1.94. The number of azide groups is 1. The van der Waals surface area contributed by atoms with E-state index >= 15 is 0 Å². The predicted octanol–water partition coefficient (Wildman–Crippen LogP) is 3.16. The van der Waals surface area contributed by atoms with Crippen LogP contribution in [-0.2, 0) is 4.79 Å². The van der Waals surface area contributed by atoms with E-state index in [4.69, 9.17) is 17.1 Å². The third-order valence-electron chi connectivity index (χ3n) is 2.69. The summed E-state index contributed by atoms with van der Waals surface area (Å²) in [5.41, 5.74) is 8.86. The highest BCUT2D eigenvalue weighted by molar-refractivity contribution is 9.10. The first kappa shape index (κ1) is 13.1. The molecule has 1 saturated heterocycles. The maximum atomic E-state index is 11.9. The van der Waals surface area contributed by atoms with Crippen LogP contribution in [-0.4, -0.2) is 24.0 Å². The van der Waals surface area contributed by atoms with E-state index in [1.54, 1.807) is 17.2 Å². The average Bonchev–Trinajstić information content (AvgIpc) is 2.71. The summed E-state index contributed by atoms with van der Waals surface area (Å²) in [7, 11) is 0. The van der Waals surface area contributed by atoms with Gasteiger partial charge in [0.25, 0.3) is 0 Å². The van der Waals surface area contributed by atoms with Gasteiger partial charge in [-0.05, 0) is 33.4 Å². The van der Waals surface area contributed by atoms with E-state index in [1.165, 1.54) is 0 Å². The van der Waals surface area contributed by atoms with Crippen molar-refractivity contribution in [1.82, 2.24) is 4.98 Å². The van der Waals surface area contributed by atoms with Crippen molar-refractivity contribution in [1.29, 1.82) is 0 Å². The first-order valence-corrected chi connectivity index (χ1v) is 6.41. The highest BCUT2D eigenvalue weighted by Crippen LogP contribution is 2.31. The Morgan fingerprint density at radius 1 is 1.72 bits per heavy atom. The maximum absolute atomic E-state index is 11.9. The van der Waals surface area contributed by atoms with Crippen LogP contribution in [0.3, 0.4) is 0 Å². The summed E-state index contributed by atoms with van der Waals surface area (Å²) in [5, 5.41) is 3.79. The van der Waals surface area contributed by atoms with E-state index in [9.17, 15) is 4.79 Å². The van der Waals surface area contributed by atoms with Gasteiger partial charge in [-0.15, -0.1) is 0 Å². The van der Waals surface area contributed by atoms with Crippen LogP contribution in [0.4, 0.5) is 5.69 Å². The second-order valence-electron chi connectivity index (χ2n) is 3.95. The molecule has 0 spiro atoms. The van der Waals surface area contributed by atoms with Crippen molar-refractivity contribution < 1.29 is 4.79 Å². The highest BCUT2D eigenvalue weighted by Gasteiger charge is 2.31. The minimum atomic E-state index is -0.0325. The smallest absolute Gasteiger partial charge is 0.227 e. The third kappa shape index (κ3) is 2.75. The SMILES string of the molecule is [N-]=[N+]=NCC1CC(=O)N(c2cc(Br)cnc2Cl)C1. The maximum Gasteiger partial charge on any atom is 0.227 e. The first-order valence-electron chi connectivity index (χ1n) is 5.24. The van der Waals surface area contributed by atoms with Gasteiger partial charge < -0.3 is 4.90 Å². The van der Waals surface area contributed by atoms with Crippen LogP contribution >= 0.6 is 27.5 Å². The number of hydrogen-bond acceptors (Lipinski definition) is 3. The van der Waals surface area contributed by atoms with Gasteiger partial charge in [-0.3, -0.25) is 4.79 Å². The van der Waals surface area contributed by atoms with E-state index in [0.717, 1.165) is 4.47 Å². The van der Waals surface area contributed by atoms with Gasteiger partial charge in [0, 0.05) is 35.1 Å². The van der Waals surface area contributed by atoms with Crippen molar-refractivity contribution in [3.63, 3.8) is 0 Å². The van der Waals surface area contributed by atoms with E-state index in [0.29, 0.717) is 25.2 Å². The molecule has 0 saturated carbocycles. The number of amides is 1. The fourth-order valence-corrected chi connectivity index (χ4v) is 2.41. The summed E-state index contributed by atoms with van der Waals surface area (Å²) in [6.45, 7) is 0.813. The molecule has 8 heteroatoms. The molecule has 1 aromatic rings. The fourth-order valence-electron chi connectivity index (χ4n) is 1.89. The molecule has 1 aromatic heterocycles. The number of pyridine rings is 1. The van der Waals surface area contributed by atoms with E-state index in [1.807, 2.05) is 0 Å². The molecule has 1 amide bonds. The van der Waals surface area contributed by atoms with Crippen molar-refractivity contribution in [3.8, 4) is 0 Å². The second kappa shape index (κ2) is 5.56. The zero-order chi connectivity index (χ0) is 13.1. The Kier molecular flexibility index (Phi) is 4.06. The Hall–Kier alpha value is -1.30. The second-order valence-corrected chi connectivity index (χ2v) is 5.23. The molecule has 1 aliphatic heterocycles.